The number of amidine groups is 1. The predicted octanol–water partition coefficient (Wildman–Crippen LogP) is 7.00. The van der Waals surface area contributed by atoms with Crippen LogP contribution in [0.25, 0.3) is 0 Å². The van der Waals surface area contributed by atoms with Crippen LogP contribution < -0.4 is 0 Å². The highest BCUT2D eigenvalue weighted by molar-refractivity contribution is 5.76. The van der Waals surface area contributed by atoms with Crippen molar-refractivity contribution in [1.82, 2.24) is 0 Å². The SMILES string of the molecule is CCCC/C=C/CCCCCCCCCCCCC1=NCC[N+]1(CC)C(C)O. The molecule has 0 aromatic carbocycles. The Morgan fingerprint density at radius 2 is 1.39 bits per heavy atom. The van der Waals surface area contributed by atoms with Crippen molar-refractivity contribution in [3.63, 3.8) is 0 Å². The number of aliphatic imine (C=N–C) groups is 1. The number of allylic oxidation sites excluding steroid dienone is 2. The van der Waals surface area contributed by atoms with Gasteiger partial charge in [0.05, 0.1) is 13.1 Å². The van der Waals surface area contributed by atoms with Crippen LogP contribution in [0.15, 0.2) is 17.1 Å². The van der Waals surface area contributed by atoms with Gasteiger partial charge in [0, 0.05) is 13.3 Å². The molecule has 0 fully saturated rings. The summed E-state index contributed by atoms with van der Waals surface area (Å²) in [5, 5.41) is 10.2. The normalized spacial score (nSPS) is 20.8. The van der Waals surface area contributed by atoms with Gasteiger partial charge in [-0.25, -0.2) is 4.99 Å². The average Bonchev–Trinajstić information content (AvgIpc) is 3.12. The van der Waals surface area contributed by atoms with Gasteiger partial charge in [0.25, 0.3) is 0 Å². The van der Waals surface area contributed by atoms with Crippen molar-refractivity contribution in [2.24, 2.45) is 4.99 Å². The second-order valence-corrected chi connectivity index (χ2v) is 8.69. The monoisotopic (exact) mass is 393 g/mol. The van der Waals surface area contributed by atoms with E-state index in [0.29, 0.717) is 4.48 Å². The molecule has 28 heavy (non-hydrogen) atoms. The Morgan fingerprint density at radius 3 is 1.93 bits per heavy atom. The molecular weight excluding hydrogens is 344 g/mol. The largest absolute Gasteiger partial charge is 0.345 e. The molecular formula is C25H49N2O+. The van der Waals surface area contributed by atoms with Gasteiger partial charge in [-0.15, -0.1) is 0 Å². The number of hydrogen-bond donors (Lipinski definition) is 1. The first-order valence-corrected chi connectivity index (χ1v) is 12.4. The Kier molecular flexibility index (Phi) is 14.6. The van der Waals surface area contributed by atoms with E-state index in [0.717, 1.165) is 26.1 Å². The minimum absolute atomic E-state index is 0.316. The molecule has 0 spiro atoms. The molecule has 0 radical (unpaired) electrons. The van der Waals surface area contributed by atoms with Crippen molar-refractivity contribution >= 4 is 5.84 Å². The third-order valence-corrected chi connectivity index (χ3v) is 6.50. The molecule has 0 aromatic heterocycles. The van der Waals surface area contributed by atoms with Gasteiger partial charge in [0.1, 0.15) is 6.54 Å². The fraction of sp³-hybridized carbons (Fsp3) is 0.880. The smallest absolute Gasteiger partial charge is 0.200 e. The summed E-state index contributed by atoms with van der Waals surface area (Å²) >= 11 is 0. The summed E-state index contributed by atoms with van der Waals surface area (Å²) in [5.74, 6) is 1.25. The molecule has 1 aliphatic heterocycles. The zero-order chi connectivity index (χ0) is 20.5. The van der Waals surface area contributed by atoms with E-state index in [4.69, 9.17) is 4.99 Å². The topological polar surface area (TPSA) is 32.6 Å². The summed E-state index contributed by atoms with van der Waals surface area (Å²) in [7, 11) is 0. The Hall–Kier alpha value is -0.670. The zero-order valence-corrected chi connectivity index (χ0v) is 19.3. The van der Waals surface area contributed by atoms with Crippen LogP contribution in [0.1, 0.15) is 117 Å². The summed E-state index contributed by atoms with van der Waals surface area (Å²) in [6.45, 7) is 9.20. The molecule has 0 aliphatic carbocycles. The molecule has 164 valence electrons. The number of aliphatic hydroxyl groups is 1. The molecule has 0 saturated heterocycles. The van der Waals surface area contributed by atoms with Gasteiger partial charge in [-0.05, 0) is 32.6 Å². The lowest BCUT2D eigenvalue weighted by molar-refractivity contribution is -0.882. The standard InChI is InChI=1S/C25H49N2O/c1-4-6-7-8-9-10-11-12-13-14-15-16-17-18-19-20-21-25-26-22-23-27(25,5-2)24(3)28/h8-9,24,28H,4-7,10-23H2,1-3H3/q+1/b9-8+. The zero-order valence-electron chi connectivity index (χ0n) is 19.3. The Labute approximate surface area is 175 Å². The maximum Gasteiger partial charge on any atom is 0.200 e. The van der Waals surface area contributed by atoms with Crippen molar-refractivity contribution in [3.8, 4) is 0 Å². The van der Waals surface area contributed by atoms with Crippen LogP contribution in [-0.4, -0.2) is 41.3 Å². The Bertz CT molecular complexity index is 430. The van der Waals surface area contributed by atoms with E-state index in [9.17, 15) is 5.11 Å². The fourth-order valence-electron chi connectivity index (χ4n) is 4.45. The molecule has 0 saturated carbocycles. The second kappa shape index (κ2) is 16.2. The summed E-state index contributed by atoms with van der Waals surface area (Å²) in [4.78, 5) is 4.71. The third-order valence-electron chi connectivity index (χ3n) is 6.50. The van der Waals surface area contributed by atoms with Crippen molar-refractivity contribution in [2.75, 3.05) is 19.6 Å². The lowest BCUT2D eigenvalue weighted by Gasteiger charge is -2.36. The highest BCUT2D eigenvalue weighted by Crippen LogP contribution is 2.23. The summed E-state index contributed by atoms with van der Waals surface area (Å²) in [6, 6.07) is 0. The molecule has 1 heterocycles. The molecule has 2 unspecified atom stereocenters. The van der Waals surface area contributed by atoms with E-state index >= 15 is 0 Å². The summed E-state index contributed by atoms with van der Waals surface area (Å²) in [5.41, 5.74) is 0. The van der Waals surface area contributed by atoms with Gasteiger partial charge in [-0.1, -0.05) is 83.3 Å². The first kappa shape index (κ1) is 25.4. The average molecular weight is 394 g/mol. The quantitative estimate of drug-likeness (QED) is 0.152. The van der Waals surface area contributed by atoms with Crippen LogP contribution in [0.5, 0.6) is 0 Å². The number of aliphatic hydroxyl groups excluding tert-OH is 1. The van der Waals surface area contributed by atoms with E-state index in [-0.39, 0.29) is 6.23 Å². The highest BCUT2D eigenvalue weighted by atomic mass is 16.3. The lowest BCUT2D eigenvalue weighted by Crippen LogP contribution is -2.56. The van der Waals surface area contributed by atoms with Gasteiger partial charge >= 0.3 is 0 Å². The van der Waals surface area contributed by atoms with Crippen LogP contribution in [0, 0.1) is 0 Å². The number of unbranched alkanes of at least 4 members (excludes halogenated alkanes) is 12. The van der Waals surface area contributed by atoms with Gasteiger partial charge in [0.15, 0.2) is 6.23 Å². The van der Waals surface area contributed by atoms with E-state index in [1.54, 1.807) is 0 Å². The maximum absolute atomic E-state index is 10.2. The van der Waals surface area contributed by atoms with Crippen LogP contribution >= 0.6 is 0 Å². The molecule has 2 atom stereocenters. The van der Waals surface area contributed by atoms with Crippen molar-refractivity contribution < 1.29 is 9.59 Å². The van der Waals surface area contributed by atoms with E-state index < -0.39 is 0 Å². The van der Waals surface area contributed by atoms with Crippen molar-refractivity contribution in [1.29, 1.82) is 0 Å². The van der Waals surface area contributed by atoms with Crippen LogP contribution in [-0.2, 0) is 0 Å². The number of likely N-dealkylation sites (N-methyl/N-ethyl adjacent to an activating group) is 1. The third kappa shape index (κ3) is 9.69. The number of quaternary nitrogens is 1. The first-order valence-electron chi connectivity index (χ1n) is 12.4. The Morgan fingerprint density at radius 1 is 0.857 bits per heavy atom. The molecule has 1 rings (SSSR count). The second-order valence-electron chi connectivity index (χ2n) is 8.69. The first-order chi connectivity index (χ1) is 13.7. The maximum atomic E-state index is 10.2. The highest BCUT2D eigenvalue weighted by Gasteiger charge is 2.40. The molecule has 1 N–H and O–H groups in total. The molecule has 0 aromatic rings. The fourth-order valence-corrected chi connectivity index (χ4v) is 4.45. The van der Waals surface area contributed by atoms with Crippen molar-refractivity contribution in [3.05, 3.63) is 12.2 Å². The molecule has 0 amide bonds. The van der Waals surface area contributed by atoms with Gasteiger partial charge in [-0.3, -0.25) is 4.48 Å². The van der Waals surface area contributed by atoms with Crippen LogP contribution in [0.4, 0.5) is 0 Å². The molecule has 3 heteroatoms. The summed E-state index contributed by atoms with van der Waals surface area (Å²) < 4.78 is 0.717. The van der Waals surface area contributed by atoms with Crippen molar-refractivity contribution in [2.45, 2.75) is 123 Å². The predicted molar refractivity (Wildman–Crippen MR) is 124 cm³/mol. The van der Waals surface area contributed by atoms with Gasteiger partial charge < -0.3 is 5.11 Å². The van der Waals surface area contributed by atoms with Crippen LogP contribution in [0.3, 0.4) is 0 Å². The molecule has 3 nitrogen and oxygen atoms in total. The van der Waals surface area contributed by atoms with E-state index in [1.165, 1.54) is 95.7 Å². The minimum atomic E-state index is -0.316. The number of hydrogen-bond acceptors (Lipinski definition) is 2. The number of nitrogens with zero attached hydrogens (tertiary/aromatic N) is 2. The van der Waals surface area contributed by atoms with Gasteiger partial charge in [-0.2, -0.15) is 0 Å². The Balaban J connectivity index is 1.90. The molecule has 0 bridgehead atoms. The van der Waals surface area contributed by atoms with E-state index in [2.05, 4.69) is 26.0 Å². The van der Waals surface area contributed by atoms with Gasteiger partial charge in [0.2, 0.25) is 5.84 Å². The molecule has 1 aliphatic rings. The number of rotatable bonds is 18. The summed E-state index contributed by atoms with van der Waals surface area (Å²) in [6.07, 6.45) is 24.4. The van der Waals surface area contributed by atoms with Crippen LogP contribution in [0.2, 0.25) is 0 Å². The van der Waals surface area contributed by atoms with E-state index in [1.807, 2.05) is 6.92 Å². The minimum Gasteiger partial charge on any atom is -0.345 e. The lowest BCUT2D eigenvalue weighted by atomic mass is 10.0.